The first-order valence-electron chi connectivity index (χ1n) is 8.26. The molecule has 1 aromatic carbocycles. The number of aliphatic carboxylic acids is 1. The van der Waals surface area contributed by atoms with Crippen molar-refractivity contribution in [3.8, 4) is 0 Å². The first-order chi connectivity index (χ1) is 12.8. The van der Waals surface area contributed by atoms with E-state index in [1.807, 2.05) is 30.3 Å². The van der Waals surface area contributed by atoms with E-state index in [9.17, 15) is 19.2 Å². The zero-order chi connectivity index (χ0) is 20.0. The van der Waals surface area contributed by atoms with Crippen LogP contribution in [0.1, 0.15) is 18.4 Å². The summed E-state index contributed by atoms with van der Waals surface area (Å²) in [5.41, 5.74) is 0.897. The fraction of sp³-hybridized carbons (Fsp3) is 0.333. The van der Waals surface area contributed by atoms with E-state index in [-0.39, 0.29) is 18.7 Å². The molecule has 0 spiro atoms. The number of carbonyl (C=O) groups is 4. The van der Waals surface area contributed by atoms with Crippen LogP contribution in [0.5, 0.6) is 0 Å². The van der Waals surface area contributed by atoms with Crippen LogP contribution in [0.2, 0.25) is 0 Å². The number of amides is 3. The molecule has 0 bridgehead atoms. The summed E-state index contributed by atoms with van der Waals surface area (Å²) in [6.07, 6.45) is -0.0105. The van der Waals surface area contributed by atoms with Crippen molar-refractivity contribution in [2.75, 3.05) is 0 Å². The summed E-state index contributed by atoms with van der Waals surface area (Å²) < 4.78 is 0.419. The molecule has 27 heavy (non-hydrogen) atoms. The highest BCUT2D eigenvalue weighted by atomic mass is 79.9. The van der Waals surface area contributed by atoms with Gasteiger partial charge in [-0.1, -0.05) is 52.8 Å². The van der Waals surface area contributed by atoms with Gasteiger partial charge in [-0.2, -0.15) is 0 Å². The number of piperazine rings is 1. The van der Waals surface area contributed by atoms with Crippen LogP contribution in [-0.2, 0) is 25.6 Å². The summed E-state index contributed by atoms with van der Waals surface area (Å²) in [5.74, 6) is -2.75. The van der Waals surface area contributed by atoms with Gasteiger partial charge in [-0.3, -0.25) is 14.4 Å². The monoisotopic (exact) mass is 437 g/mol. The molecule has 9 heteroatoms. The van der Waals surface area contributed by atoms with Gasteiger partial charge in [-0.15, -0.1) is 0 Å². The minimum absolute atomic E-state index is 0.00342. The summed E-state index contributed by atoms with van der Waals surface area (Å²) in [5, 5.41) is 16.6. The van der Waals surface area contributed by atoms with Crippen LogP contribution in [0.15, 0.2) is 41.4 Å². The second-order valence-electron chi connectivity index (χ2n) is 6.20. The summed E-state index contributed by atoms with van der Waals surface area (Å²) >= 11 is 3.05. The first kappa shape index (κ1) is 20.6. The largest absolute Gasteiger partial charge is 0.480 e. The minimum Gasteiger partial charge on any atom is -0.480 e. The van der Waals surface area contributed by atoms with Gasteiger partial charge in [0.1, 0.15) is 18.1 Å². The molecule has 3 atom stereocenters. The number of carbonyl (C=O) groups excluding carboxylic acids is 3. The van der Waals surface area contributed by atoms with Crippen molar-refractivity contribution in [3.05, 3.63) is 47.0 Å². The Morgan fingerprint density at radius 1 is 1.15 bits per heavy atom. The van der Waals surface area contributed by atoms with Crippen molar-refractivity contribution in [1.82, 2.24) is 16.0 Å². The number of carboxylic acid groups (broad SMARTS) is 1. The second kappa shape index (κ2) is 9.31. The van der Waals surface area contributed by atoms with Crippen molar-refractivity contribution in [1.29, 1.82) is 0 Å². The standard InChI is InChI=1S/C18H20BrN3O5/c1-10(19)7-14(18(26)27)20-15(23)9-13-17(25)21-12(16(24)22-13)8-11-5-3-2-4-6-11/h2-6,12-14H,1,7-9H2,(H,20,23)(H,21,25)(H,22,24)(H,26,27)/t12-,13-,14+/m0/s1. The van der Waals surface area contributed by atoms with Gasteiger partial charge < -0.3 is 21.1 Å². The fourth-order valence-electron chi connectivity index (χ4n) is 2.67. The lowest BCUT2D eigenvalue weighted by Crippen LogP contribution is -2.63. The Balaban J connectivity index is 1.92. The van der Waals surface area contributed by atoms with E-state index in [1.54, 1.807) is 0 Å². The van der Waals surface area contributed by atoms with Gasteiger partial charge >= 0.3 is 5.97 Å². The lowest BCUT2D eigenvalue weighted by molar-refractivity contribution is -0.142. The van der Waals surface area contributed by atoms with E-state index in [0.29, 0.717) is 10.9 Å². The quantitative estimate of drug-likeness (QED) is 0.470. The maximum Gasteiger partial charge on any atom is 0.326 e. The molecule has 1 saturated heterocycles. The SMILES string of the molecule is C=C(Br)C[C@@H](NC(=O)C[C@@H]1NC(=O)[C@H](Cc2ccccc2)NC1=O)C(=O)O. The summed E-state index contributed by atoms with van der Waals surface area (Å²) in [4.78, 5) is 47.7. The van der Waals surface area contributed by atoms with Crippen molar-refractivity contribution in [2.45, 2.75) is 37.4 Å². The highest BCUT2D eigenvalue weighted by Gasteiger charge is 2.35. The van der Waals surface area contributed by atoms with Gasteiger partial charge in [-0.25, -0.2) is 4.79 Å². The molecule has 0 aliphatic carbocycles. The molecule has 1 heterocycles. The van der Waals surface area contributed by atoms with Crippen LogP contribution in [-0.4, -0.2) is 46.9 Å². The van der Waals surface area contributed by atoms with E-state index in [4.69, 9.17) is 5.11 Å². The lowest BCUT2D eigenvalue weighted by atomic mass is 10.0. The topological polar surface area (TPSA) is 125 Å². The van der Waals surface area contributed by atoms with Crippen LogP contribution in [0.4, 0.5) is 0 Å². The summed E-state index contributed by atoms with van der Waals surface area (Å²) in [7, 11) is 0. The Morgan fingerprint density at radius 3 is 2.33 bits per heavy atom. The molecule has 4 N–H and O–H groups in total. The summed E-state index contributed by atoms with van der Waals surface area (Å²) in [6.45, 7) is 3.55. The first-order valence-corrected chi connectivity index (χ1v) is 9.05. The highest BCUT2D eigenvalue weighted by molar-refractivity contribution is 9.11. The van der Waals surface area contributed by atoms with Crippen molar-refractivity contribution in [2.24, 2.45) is 0 Å². The molecule has 144 valence electrons. The van der Waals surface area contributed by atoms with E-state index >= 15 is 0 Å². The predicted molar refractivity (Wildman–Crippen MR) is 101 cm³/mol. The van der Waals surface area contributed by atoms with E-state index < -0.39 is 35.9 Å². The molecular weight excluding hydrogens is 418 g/mol. The number of carboxylic acids is 1. The zero-order valence-electron chi connectivity index (χ0n) is 14.4. The minimum atomic E-state index is -1.22. The van der Waals surface area contributed by atoms with E-state index in [1.165, 1.54) is 0 Å². The van der Waals surface area contributed by atoms with Crippen LogP contribution in [0, 0.1) is 0 Å². The molecule has 1 aliphatic heterocycles. The molecule has 1 fully saturated rings. The molecule has 0 aromatic heterocycles. The molecule has 1 aliphatic rings. The average molecular weight is 438 g/mol. The lowest BCUT2D eigenvalue weighted by Gasteiger charge is -2.29. The zero-order valence-corrected chi connectivity index (χ0v) is 16.0. The number of hydrogen-bond donors (Lipinski definition) is 4. The molecule has 8 nitrogen and oxygen atoms in total. The number of rotatable bonds is 8. The van der Waals surface area contributed by atoms with Crippen LogP contribution >= 0.6 is 15.9 Å². The number of benzene rings is 1. The maximum absolute atomic E-state index is 12.2. The van der Waals surface area contributed by atoms with Crippen LogP contribution < -0.4 is 16.0 Å². The van der Waals surface area contributed by atoms with Gasteiger partial charge in [0.2, 0.25) is 17.7 Å². The van der Waals surface area contributed by atoms with Crippen LogP contribution in [0.3, 0.4) is 0 Å². The van der Waals surface area contributed by atoms with Crippen LogP contribution in [0.25, 0.3) is 0 Å². The Hall–Kier alpha value is -2.68. The molecule has 2 rings (SSSR count). The van der Waals surface area contributed by atoms with Gasteiger partial charge in [0.05, 0.1) is 6.42 Å². The normalized spacial score (nSPS) is 20.2. The van der Waals surface area contributed by atoms with E-state index in [2.05, 4.69) is 38.5 Å². The van der Waals surface area contributed by atoms with E-state index in [0.717, 1.165) is 5.56 Å². The summed E-state index contributed by atoms with van der Waals surface area (Å²) in [6, 6.07) is 6.29. The maximum atomic E-state index is 12.2. The van der Waals surface area contributed by atoms with Gasteiger partial charge in [0.15, 0.2) is 0 Å². The fourth-order valence-corrected chi connectivity index (χ4v) is 3.00. The average Bonchev–Trinajstić information content (AvgIpc) is 2.59. The number of hydrogen-bond acceptors (Lipinski definition) is 4. The number of halogens is 1. The smallest absolute Gasteiger partial charge is 0.326 e. The second-order valence-corrected chi connectivity index (χ2v) is 7.32. The Labute approximate surface area is 164 Å². The molecule has 0 radical (unpaired) electrons. The van der Waals surface area contributed by atoms with Gasteiger partial charge in [0.25, 0.3) is 0 Å². The Kier molecular flexibility index (Phi) is 7.12. The molecule has 3 amide bonds. The van der Waals surface area contributed by atoms with Crippen molar-refractivity contribution >= 4 is 39.6 Å². The van der Waals surface area contributed by atoms with Gasteiger partial charge in [0, 0.05) is 12.8 Å². The molecule has 0 unspecified atom stereocenters. The third-order valence-electron chi connectivity index (χ3n) is 4.00. The molecule has 1 aromatic rings. The predicted octanol–water partition coefficient (Wildman–Crippen LogP) is 0.471. The highest BCUT2D eigenvalue weighted by Crippen LogP contribution is 2.12. The third kappa shape index (κ3) is 6.21. The molecular formula is C18H20BrN3O5. The molecule has 0 saturated carbocycles. The Morgan fingerprint density at radius 2 is 1.74 bits per heavy atom. The van der Waals surface area contributed by atoms with Crippen molar-refractivity contribution in [3.63, 3.8) is 0 Å². The van der Waals surface area contributed by atoms with Gasteiger partial charge in [-0.05, 0) is 10.0 Å². The Bertz CT molecular complexity index is 753. The third-order valence-corrected chi connectivity index (χ3v) is 4.32. The number of nitrogens with one attached hydrogen (secondary N) is 3. The van der Waals surface area contributed by atoms with Crippen molar-refractivity contribution < 1.29 is 24.3 Å².